The van der Waals surface area contributed by atoms with Crippen LogP contribution in [-0.4, -0.2) is 14.8 Å². The number of hydrogen-bond donors (Lipinski definition) is 0. The normalized spacial score (nSPS) is 13.6. The highest BCUT2D eigenvalue weighted by Gasteiger charge is 2.29. The van der Waals surface area contributed by atoms with Crippen molar-refractivity contribution in [1.29, 1.82) is 0 Å². The summed E-state index contributed by atoms with van der Waals surface area (Å²) < 4.78 is 2.28. The lowest BCUT2D eigenvalue weighted by atomic mass is 9.92. The minimum Gasteiger partial charge on any atom is -0.312 e. The van der Waals surface area contributed by atoms with E-state index in [-0.39, 0.29) is 10.8 Å². The molecule has 0 amide bonds. The van der Waals surface area contributed by atoms with Gasteiger partial charge in [-0.15, -0.1) is 10.2 Å². The molecule has 0 saturated heterocycles. The Hall–Kier alpha value is -0.860. The Balaban J connectivity index is 3.41. The maximum atomic E-state index is 4.39. The van der Waals surface area contributed by atoms with Gasteiger partial charge in [0.1, 0.15) is 11.6 Å². The lowest BCUT2D eigenvalue weighted by Gasteiger charge is -2.26. The van der Waals surface area contributed by atoms with E-state index in [0.717, 1.165) is 11.6 Å². The van der Waals surface area contributed by atoms with Gasteiger partial charge in [-0.25, -0.2) is 0 Å². The summed E-state index contributed by atoms with van der Waals surface area (Å²) in [5, 5.41) is 8.78. The Morgan fingerprint density at radius 3 is 1.31 bits per heavy atom. The van der Waals surface area contributed by atoms with Crippen molar-refractivity contribution < 1.29 is 0 Å². The molecule has 0 spiro atoms. The predicted molar refractivity (Wildman–Crippen MR) is 67.8 cm³/mol. The first kappa shape index (κ1) is 13.2. The van der Waals surface area contributed by atoms with Crippen molar-refractivity contribution in [1.82, 2.24) is 14.8 Å². The lowest BCUT2D eigenvalue weighted by Crippen LogP contribution is -2.25. The third-order valence-corrected chi connectivity index (χ3v) is 2.55. The molecule has 0 fully saturated rings. The van der Waals surface area contributed by atoms with Crippen LogP contribution in [0.5, 0.6) is 0 Å². The van der Waals surface area contributed by atoms with Crippen LogP contribution in [0.25, 0.3) is 0 Å². The fourth-order valence-corrected chi connectivity index (χ4v) is 1.80. The molecule has 0 N–H and O–H groups in total. The molecule has 92 valence electrons. The smallest absolute Gasteiger partial charge is 0.138 e. The van der Waals surface area contributed by atoms with Gasteiger partial charge < -0.3 is 4.57 Å². The van der Waals surface area contributed by atoms with Crippen molar-refractivity contribution in [3.8, 4) is 0 Å². The summed E-state index contributed by atoms with van der Waals surface area (Å²) in [4.78, 5) is 0. The van der Waals surface area contributed by atoms with E-state index in [1.54, 1.807) is 0 Å². The average Bonchev–Trinajstić information content (AvgIpc) is 2.43. The van der Waals surface area contributed by atoms with Crippen LogP contribution in [0, 0.1) is 0 Å². The van der Waals surface area contributed by atoms with Crippen molar-refractivity contribution in [3.63, 3.8) is 0 Å². The molecule has 0 atom stereocenters. The Morgan fingerprint density at radius 1 is 0.812 bits per heavy atom. The van der Waals surface area contributed by atoms with Gasteiger partial charge in [0.05, 0.1) is 0 Å². The van der Waals surface area contributed by atoms with Crippen molar-refractivity contribution in [3.05, 3.63) is 11.6 Å². The van der Waals surface area contributed by atoms with Crippen molar-refractivity contribution >= 4 is 0 Å². The van der Waals surface area contributed by atoms with Crippen LogP contribution in [0.4, 0.5) is 0 Å². The number of nitrogens with zero attached hydrogens (tertiary/aromatic N) is 3. The van der Waals surface area contributed by atoms with E-state index in [1.807, 2.05) is 0 Å². The van der Waals surface area contributed by atoms with E-state index >= 15 is 0 Å². The zero-order chi connectivity index (χ0) is 12.7. The average molecular weight is 223 g/mol. The van der Waals surface area contributed by atoms with E-state index in [9.17, 15) is 0 Å². The third kappa shape index (κ3) is 2.45. The van der Waals surface area contributed by atoms with Crippen molar-refractivity contribution in [2.45, 2.75) is 72.3 Å². The number of hydrogen-bond acceptors (Lipinski definition) is 2. The minimum atomic E-state index is 0.0424. The monoisotopic (exact) mass is 223 g/mol. The zero-order valence-corrected chi connectivity index (χ0v) is 11.9. The zero-order valence-electron chi connectivity index (χ0n) is 11.9. The summed E-state index contributed by atoms with van der Waals surface area (Å²) in [6.45, 7) is 17.5. The molecule has 3 heteroatoms. The van der Waals surface area contributed by atoms with E-state index in [4.69, 9.17) is 0 Å². The van der Waals surface area contributed by atoms with E-state index in [1.165, 1.54) is 0 Å². The lowest BCUT2D eigenvalue weighted by molar-refractivity contribution is 0.426. The molecule has 1 aromatic rings. The molecule has 0 radical (unpaired) electrons. The fraction of sp³-hybridized carbons (Fsp3) is 0.846. The summed E-state index contributed by atoms with van der Waals surface area (Å²) >= 11 is 0. The number of rotatable bonds is 1. The first-order valence-corrected chi connectivity index (χ1v) is 6.01. The van der Waals surface area contributed by atoms with Crippen LogP contribution in [0.3, 0.4) is 0 Å². The molecule has 1 aromatic heterocycles. The maximum absolute atomic E-state index is 4.39. The second kappa shape index (κ2) is 3.86. The summed E-state index contributed by atoms with van der Waals surface area (Å²) in [6, 6.07) is 0.401. The van der Waals surface area contributed by atoms with Gasteiger partial charge >= 0.3 is 0 Å². The molecule has 0 aliphatic carbocycles. The summed E-state index contributed by atoms with van der Waals surface area (Å²) in [5.74, 6) is 2.15. The van der Waals surface area contributed by atoms with E-state index < -0.39 is 0 Å². The molecule has 16 heavy (non-hydrogen) atoms. The fourth-order valence-electron chi connectivity index (χ4n) is 1.80. The summed E-state index contributed by atoms with van der Waals surface area (Å²) in [5.41, 5.74) is 0.0849. The molecule has 0 saturated carbocycles. The molecular formula is C13H25N3. The highest BCUT2D eigenvalue weighted by Crippen LogP contribution is 2.29. The maximum Gasteiger partial charge on any atom is 0.138 e. The van der Waals surface area contributed by atoms with Crippen LogP contribution < -0.4 is 0 Å². The first-order chi connectivity index (χ1) is 7.05. The second-order valence-corrected chi connectivity index (χ2v) is 6.81. The molecule has 3 nitrogen and oxygen atoms in total. The minimum absolute atomic E-state index is 0.0424. The molecule has 1 heterocycles. The molecular weight excluding hydrogens is 198 g/mol. The topological polar surface area (TPSA) is 30.7 Å². The standard InChI is InChI=1S/C13H25N3/c1-9(2)16-10(12(3,4)5)14-15-11(16)13(6,7)8/h9H,1-8H3. The Morgan fingerprint density at radius 2 is 1.12 bits per heavy atom. The van der Waals surface area contributed by atoms with Gasteiger partial charge in [0.2, 0.25) is 0 Å². The van der Waals surface area contributed by atoms with Crippen molar-refractivity contribution in [2.75, 3.05) is 0 Å². The SMILES string of the molecule is CC(C)n1c(C(C)(C)C)nnc1C(C)(C)C. The van der Waals surface area contributed by atoms with E-state index in [0.29, 0.717) is 6.04 Å². The molecule has 0 unspecified atom stereocenters. The van der Waals surface area contributed by atoms with Gasteiger partial charge in [0, 0.05) is 16.9 Å². The molecule has 0 aliphatic rings. The van der Waals surface area contributed by atoms with Crippen LogP contribution in [0.15, 0.2) is 0 Å². The predicted octanol–water partition coefficient (Wildman–Crippen LogP) is 3.45. The highest BCUT2D eigenvalue weighted by molar-refractivity contribution is 5.12. The van der Waals surface area contributed by atoms with Gasteiger partial charge in [0.25, 0.3) is 0 Å². The number of aromatic nitrogens is 3. The van der Waals surface area contributed by atoms with Gasteiger partial charge in [0.15, 0.2) is 0 Å². The largest absolute Gasteiger partial charge is 0.312 e. The highest BCUT2D eigenvalue weighted by atomic mass is 15.3. The van der Waals surface area contributed by atoms with E-state index in [2.05, 4.69) is 70.2 Å². The van der Waals surface area contributed by atoms with Gasteiger partial charge in [-0.05, 0) is 13.8 Å². The Bertz CT molecular complexity index is 330. The van der Waals surface area contributed by atoms with Crippen LogP contribution in [0.1, 0.15) is 73.1 Å². The summed E-state index contributed by atoms with van der Waals surface area (Å²) in [7, 11) is 0. The van der Waals surface area contributed by atoms with Crippen molar-refractivity contribution in [2.24, 2.45) is 0 Å². The van der Waals surface area contributed by atoms with Gasteiger partial charge in [-0.2, -0.15) is 0 Å². The Labute approximate surface area is 99.3 Å². The quantitative estimate of drug-likeness (QED) is 0.730. The third-order valence-electron chi connectivity index (χ3n) is 2.55. The van der Waals surface area contributed by atoms with Gasteiger partial charge in [-0.1, -0.05) is 41.5 Å². The van der Waals surface area contributed by atoms with Gasteiger partial charge in [-0.3, -0.25) is 0 Å². The second-order valence-electron chi connectivity index (χ2n) is 6.81. The molecule has 0 aliphatic heterocycles. The van der Waals surface area contributed by atoms with Crippen LogP contribution in [-0.2, 0) is 10.8 Å². The first-order valence-electron chi connectivity index (χ1n) is 6.01. The van der Waals surface area contributed by atoms with Crippen LogP contribution >= 0.6 is 0 Å². The molecule has 1 rings (SSSR count). The van der Waals surface area contributed by atoms with Crippen LogP contribution in [0.2, 0.25) is 0 Å². The molecule has 0 aromatic carbocycles. The summed E-state index contributed by atoms with van der Waals surface area (Å²) in [6.07, 6.45) is 0. The Kier molecular flexibility index (Phi) is 3.19. The molecule has 0 bridgehead atoms.